The van der Waals surface area contributed by atoms with Crippen molar-refractivity contribution in [2.45, 2.75) is 63.8 Å². The molecule has 1 aliphatic carbocycles. The zero-order valence-corrected chi connectivity index (χ0v) is 21.5. The molecule has 2 aliphatic heterocycles. The first-order chi connectivity index (χ1) is 17.2. The van der Waals surface area contributed by atoms with Crippen molar-refractivity contribution in [1.29, 1.82) is 5.26 Å². The van der Waals surface area contributed by atoms with Gasteiger partial charge in [-0.05, 0) is 63.6 Å². The van der Waals surface area contributed by atoms with Crippen LogP contribution >= 0.6 is 0 Å². The standard InChI is InChI=1S/C24H35F3N6O4/c1-23(2)15-12-33(21(36)16(6-5-9-32(3)4)31-22(37)24(25,26)27)18(17(15)23)20(35)30-14(11-28)10-13-7-8-29-19(13)34/h13-18H,5-10,12H2,1-4H3,(H,29,34)(H,30,35)(H,31,37)/t13?,14-,15-,16?,17-,18-/m0/s1. The van der Waals surface area contributed by atoms with Crippen LogP contribution in [0.25, 0.3) is 0 Å². The fourth-order valence-corrected chi connectivity index (χ4v) is 5.68. The van der Waals surface area contributed by atoms with E-state index >= 15 is 0 Å². The molecule has 10 nitrogen and oxygen atoms in total. The van der Waals surface area contributed by atoms with E-state index in [0.29, 0.717) is 25.9 Å². The van der Waals surface area contributed by atoms with Crippen LogP contribution in [0.15, 0.2) is 0 Å². The number of carbonyl (C=O) groups excluding carboxylic acids is 4. The summed E-state index contributed by atoms with van der Waals surface area (Å²) in [5.41, 5.74) is -0.262. The maximum atomic E-state index is 13.5. The first-order valence-corrected chi connectivity index (χ1v) is 12.5. The first kappa shape index (κ1) is 28.7. The molecule has 4 amide bonds. The van der Waals surface area contributed by atoms with E-state index in [2.05, 4.69) is 10.6 Å². The third-order valence-electron chi connectivity index (χ3n) is 7.87. The molecule has 2 heterocycles. The van der Waals surface area contributed by atoms with Crippen molar-refractivity contribution < 1.29 is 32.3 Å². The van der Waals surface area contributed by atoms with Crippen molar-refractivity contribution in [3.63, 3.8) is 0 Å². The molecule has 206 valence electrons. The van der Waals surface area contributed by atoms with Crippen molar-refractivity contribution in [1.82, 2.24) is 25.8 Å². The predicted molar refractivity (Wildman–Crippen MR) is 125 cm³/mol. The predicted octanol–water partition coefficient (Wildman–Crippen LogP) is 0.393. The Morgan fingerprint density at radius 2 is 1.95 bits per heavy atom. The molecule has 1 saturated carbocycles. The normalized spacial score (nSPS) is 27.6. The van der Waals surface area contributed by atoms with Crippen molar-refractivity contribution in [3.8, 4) is 6.07 Å². The summed E-state index contributed by atoms with van der Waals surface area (Å²) in [6.07, 6.45) is -4.16. The number of rotatable bonds is 10. The van der Waals surface area contributed by atoms with Gasteiger partial charge in [-0.15, -0.1) is 0 Å². The second-order valence-corrected chi connectivity index (χ2v) is 11.1. The number of nitrogens with zero attached hydrogens (tertiary/aromatic N) is 3. The highest BCUT2D eigenvalue weighted by Crippen LogP contribution is 2.64. The number of likely N-dealkylation sites (tertiary alicyclic amines) is 1. The van der Waals surface area contributed by atoms with Gasteiger partial charge in [-0.3, -0.25) is 19.2 Å². The van der Waals surface area contributed by atoms with Crippen molar-refractivity contribution >= 4 is 23.6 Å². The Hall–Kier alpha value is -2.88. The smallest absolute Gasteiger partial charge is 0.356 e. The van der Waals surface area contributed by atoms with E-state index in [0.717, 1.165) is 0 Å². The summed E-state index contributed by atoms with van der Waals surface area (Å²) >= 11 is 0. The lowest BCUT2D eigenvalue weighted by atomic mass is 9.97. The molecule has 0 spiro atoms. The van der Waals surface area contributed by atoms with E-state index in [1.165, 1.54) is 4.90 Å². The molecule has 0 aromatic heterocycles. The third-order valence-corrected chi connectivity index (χ3v) is 7.87. The minimum Gasteiger partial charge on any atom is -0.356 e. The quantitative estimate of drug-likeness (QED) is 0.376. The van der Waals surface area contributed by atoms with Gasteiger partial charge >= 0.3 is 12.1 Å². The van der Waals surface area contributed by atoms with Crippen LogP contribution in [-0.4, -0.2) is 91.5 Å². The fourth-order valence-electron chi connectivity index (χ4n) is 5.68. The molecule has 0 bridgehead atoms. The lowest BCUT2D eigenvalue weighted by Crippen LogP contribution is -2.58. The number of carbonyl (C=O) groups is 4. The van der Waals surface area contributed by atoms with E-state index in [9.17, 15) is 37.6 Å². The van der Waals surface area contributed by atoms with Gasteiger partial charge in [0.1, 0.15) is 18.1 Å². The van der Waals surface area contributed by atoms with Crippen LogP contribution in [0.1, 0.15) is 39.5 Å². The topological polar surface area (TPSA) is 135 Å². The third kappa shape index (κ3) is 6.34. The molecule has 37 heavy (non-hydrogen) atoms. The number of fused-ring (bicyclic) bond motifs is 1. The van der Waals surface area contributed by atoms with E-state index in [1.54, 1.807) is 14.1 Å². The molecule has 3 N–H and O–H groups in total. The number of alkyl halides is 3. The minimum atomic E-state index is -5.15. The SMILES string of the molecule is CN(C)CCCC(NC(=O)C(F)(F)F)C(=O)N1C[C@H]2[C@@H]([C@H]1C(=O)N[C@H](C#N)CC1CCNC1=O)C2(C)C. The average molecular weight is 529 g/mol. The number of amides is 4. The van der Waals surface area contributed by atoms with Gasteiger partial charge in [0.15, 0.2) is 0 Å². The lowest BCUT2D eigenvalue weighted by molar-refractivity contribution is -0.175. The number of hydrogen-bond acceptors (Lipinski definition) is 6. The number of piperidine rings is 1. The summed E-state index contributed by atoms with van der Waals surface area (Å²) in [7, 11) is 3.56. The largest absolute Gasteiger partial charge is 0.471 e. The molecule has 2 saturated heterocycles. The van der Waals surface area contributed by atoms with Gasteiger partial charge in [-0.25, -0.2) is 0 Å². The highest BCUT2D eigenvalue weighted by Gasteiger charge is 2.69. The Morgan fingerprint density at radius 3 is 2.49 bits per heavy atom. The number of nitriles is 1. The zero-order chi connectivity index (χ0) is 27.7. The van der Waals surface area contributed by atoms with Crippen molar-refractivity contribution in [2.24, 2.45) is 23.2 Å². The number of nitrogens with one attached hydrogen (secondary N) is 3. The van der Waals surface area contributed by atoms with Gasteiger partial charge in [0.2, 0.25) is 17.7 Å². The van der Waals surface area contributed by atoms with E-state index in [-0.39, 0.29) is 42.5 Å². The molecule has 0 aromatic carbocycles. The van der Waals surface area contributed by atoms with Crippen LogP contribution in [0, 0.1) is 34.5 Å². The van der Waals surface area contributed by atoms with Crippen molar-refractivity contribution in [3.05, 3.63) is 0 Å². The van der Waals surface area contributed by atoms with Gasteiger partial charge in [-0.2, -0.15) is 18.4 Å². The van der Waals surface area contributed by atoms with Crippen LogP contribution in [-0.2, 0) is 19.2 Å². The Morgan fingerprint density at radius 1 is 1.27 bits per heavy atom. The van der Waals surface area contributed by atoms with E-state index < -0.39 is 47.9 Å². The molecule has 0 aromatic rings. The molecule has 3 aliphatic rings. The second-order valence-electron chi connectivity index (χ2n) is 11.1. The molecule has 3 rings (SSSR count). The van der Waals surface area contributed by atoms with E-state index in [4.69, 9.17) is 0 Å². The van der Waals surface area contributed by atoms with Crippen LogP contribution in [0.2, 0.25) is 0 Å². The van der Waals surface area contributed by atoms with E-state index in [1.807, 2.05) is 30.1 Å². The molecular formula is C24H35F3N6O4. The van der Waals surface area contributed by atoms with Gasteiger partial charge in [0, 0.05) is 19.0 Å². The van der Waals surface area contributed by atoms with Crippen LogP contribution in [0.3, 0.4) is 0 Å². The minimum absolute atomic E-state index is 0.0278. The second kappa shape index (κ2) is 10.8. The molecule has 6 atom stereocenters. The lowest BCUT2D eigenvalue weighted by Gasteiger charge is -2.33. The number of hydrogen-bond donors (Lipinski definition) is 3. The maximum Gasteiger partial charge on any atom is 0.471 e. The summed E-state index contributed by atoms with van der Waals surface area (Å²) in [6.45, 7) is 5.07. The first-order valence-electron chi connectivity index (χ1n) is 12.5. The summed E-state index contributed by atoms with van der Waals surface area (Å²) < 4.78 is 39.0. The zero-order valence-electron chi connectivity index (χ0n) is 21.5. The summed E-state index contributed by atoms with van der Waals surface area (Å²) in [4.78, 5) is 53.5. The molecule has 0 radical (unpaired) electrons. The summed E-state index contributed by atoms with van der Waals surface area (Å²) in [6, 6.07) is -1.39. The maximum absolute atomic E-state index is 13.5. The molecule has 2 unspecified atom stereocenters. The van der Waals surface area contributed by atoms with Gasteiger partial charge in [0.25, 0.3) is 0 Å². The number of halogens is 3. The highest BCUT2D eigenvalue weighted by atomic mass is 19.4. The fraction of sp³-hybridized carbons (Fsp3) is 0.792. The Kier molecular flexibility index (Phi) is 8.41. The van der Waals surface area contributed by atoms with Gasteiger partial charge < -0.3 is 25.8 Å². The van der Waals surface area contributed by atoms with Crippen LogP contribution < -0.4 is 16.0 Å². The van der Waals surface area contributed by atoms with Crippen molar-refractivity contribution in [2.75, 3.05) is 33.7 Å². The Balaban J connectivity index is 1.77. The summed E-state index contributed by atoms with van der Waals surface area (Å²) in [5.74, 6) is -4.39. The van der Waals surface area contributed by atoms with Gasteiger partial charge in [-0.1, -0.05) is 13.8 Å². The van der Waals surface area contributed by atoms with Gasteiger partial charge in [0.05, 0.1) is 6.07 Å². The highest BCUT2D eigenvalue weighted by molar-refractivity contribution is 5.94. The summed E-state index contributed by atoms with van der Waals surface area (Å²) in [5, 5.41) is 16.7. The van der Waals surface area contributed by atoms with Crippen LogP contribution in [0.5, 0.6) is 0 Å². The molecule has 13 heteroatoms. The van der Waals surface area contributed by atoms with Crippen LogP contribution in [0.4, 0.5) is 13.2 Å². The monoisotopic (exact) mass is 528 g/mol. The molecular weight excluding hydrogens is 493 g/mol. The molecule has 3 fully saturated rings. The average Bonchev–Trinajstić information content (AvgIpc) is 3.16. The Labute approximate surface area is 214 Å². The Bertz CT molecular complexity index is 963.